The molecule has 0 bridgehead atoms. The van der Waals surface area contributed by atoms with Crippen molar-refractivity contribution >= 4 is 17.6 Å². The van der Waals surface area contributed by atoms with Gasteiger partial charge in [-0.3, -0.25) is 4.79 Å². The van der Waals surface area contributed by atoms with Gasteiger partial charge >= 0.3 is 6.03 Å². The van der Waals surface area contributed by atoms with E-state index in [1.165, 1.54) is 0 Å². The Morgan fingerprint density at radius 2 is 1.78 bits per heavy atom. The molecule has 1 unspecified atom stereocenters. The Labute approximate surface area is 158 Å². The van der Waals surface area contributed by atoms with Crippen LogP contribution in [0, 0.1) is 0 Å². The van der Waals surface area contributed by atoms with Crippen LogP contribution in [0.1, 0.15) is 6.42 Å². The van der Waals surface area contributed by atoms with Gasteiger partial charge in [0.05, 0.1) is 6.54 Å². The number of hydrogen-bond acceptors (Lipinski definition) is 4. The number of anilines is 1. The lowest BCUT2D eigenvalue weighted by Gasteiger charge is -2.29. The first kappa shape index (κ1) is 18.6. The second kappa shape index (κ2) is 8.93. The third kappa shape index (κ3) is 5.37. The summed E-state index contributed by atoms with van der Waals surface area (Å²) in [5.74, 6) is 1.34. The van der Waals surface area contributed by atoms with E-state index in [0.29, 0.717) is 24.6 Å². The highest BCUT2D eigenvalue weighted by Crippen LogP contribution is 2.30. The van der Waals surface area contributed by atoms with Crippen molar-refractivity contribution in [2.45, 2.75) is 12.5 Å². The topological polar surface area (TPSA) is 79.9 Å². The molecule has 2 aromatic carbocycles. The summed E-state index contributed by atoms with van der Waals surface area (Å²) in [7, 11) is 1.72. The molecular formula is C20H23N3O4. The minimum absolute atomic E-state index is 0.0718. The van der Waals surface area contributed by atoms with Gasteiger partial charge < -0.3 is 25.0 Å². The molecule has 1 aliphatic heterocycles. The molecule has 3 amide bonds. The largest absolute Gasteiger partial charge is 0.486 e. The van der Waals surface area contributed by atoms with Gasteiger partial charge in [-0.2, -0.15) is 0 Å². The molecule has 142 valence electrons. The van der Waals surface area contributed by atoms with Crippen LogP contribution in [-0.2, 0) is 4.79 Å². The number of benzene rings is 2. The number of urea groups is 1. The maximum Gasteiger partial charge on any atom is 0.319 e. The normalized spacial score (nSPS) is 14.9. The van der Waals surface area contributed by atoms with Crippen molar-refractivity contribution in [1.29, 1.82) is 0 Å². The fraction of sp³-hybridized carbons (Fsp3) is 0.300. The minimum Gasteiger partial charge on any atom is -0.486 e. The molecule has 7 nitrogen and oxygen atoms in total. The lowest BCUT2D eigenvalue weighted by molar-refractivity contribution is -0.131. The number of ether oxygens (including phenoxy) is 2. The highest BCUT2D eigenvalue weighted by atomic mass is 16.6. The van der Waals surface area contributed by atoms with Crippen LogP contribution in [0.5, 0.6) is 11.5 Å². The summed E-state index contributed by atoms with van der Waals surface area (Å²) in [6.45, 7) is 1.07. The number of amides is 3. The number of nitrogens with zero attached hydrogens (tertiary/aromatic N) is 1. The van der Waals surface area contributed by atoms with E-state index >= 15 is 0 Å². The monoisotopic (exact) mass is 369 g/mol. The Hall–Kier alpha value is -3.22. The number of likely N-dealkylation sites (N-methyl/N-ethyl adjacent to an activating group) is 1. The first-order valence-corrected chi connectivity index (χ1v) is 8.84. The predicted octanol–water partition coefficient (Wildman–Crippen LogP) is 2.50. The molecule has 0 spiro atoms. The Balaban J connectivity index is 1.37. The number of rotatable bonds is 6. The Morgan fingerprint density at radius 3 is 2.56 bits per heavy atom. The first-order valence-electron chi connectivity index (χ1n) is 8.84. The van der Waals surface area contributed by atoms with Crippen LogP contribution >= 0.6 is 0 Å². The van der Waals surface area contributed by atoms with Crippen molar-refractivity contribution < 1.29 is 19.1 Å². The van der Waals surface area contributed by atoms with Crippen molar-refractivity contribution in [3.63, 3.8) is 0 Å². The third-order valence-electron chi connectivity index (χ3n) is 4.13. The highest BCUT2D eigenvalue weighted by Gasteiger charge is 2.23. The van der Waals surface area contributed by atoms with Crippen LogP contribution < -0.4 is 20.1 Å². The summed E-state index contributed by atoms with van der Waals surface area (Å²) in [6.07, 6.45) is -0.00809. The zero-order valence-electron chi connectivity index (χ0n) is 15.2. The lowest BCUT2D eigenvalue weighted by atomic mass is 10.2. The Morgan fingerprint density at radius 1 is 1.07 bits per heavy atom. The second-order valence-corrected chi connectivity index (χ2v) is 6.27. The average molecular weight is 369 g/mol. The summed E-state index contributed by atoms with van der Waals surface area (Å²) in [6, 6.07) is 16.3. The molecule has 7 heteroatoms. The van der Waals surface area contributed by atoms with E-state index in [2.05, 4.69) is 10.6 Å². The molecule has 0 saturated heterocycles. The van der Waals surface area contributed by atoms with Crippen LogP contribution in [0.2, 0.25) is 0 Å². The number of carbonyl (C=O) groups is 2. The SMILES string of the molecule is CN(CC1COc2ccccc2O1)C(=O)CCNC(=O)Nc1ccccc1. The van der Waals surface area contributed by atoms with Gasteiger partial charge in [-0.25, -0.2) is 4.79 Å². The van der Waals surface area contributed by atoms with Gasteiger partial charge in [-0.05, 0) is 24.3 Å². The third-order valence-corrected chi connectivity index (χ3v) is 4.13. The van der Waals surface area contributed by atoms with Gasteiger partial charge in [0.2, 0.25) is 5.91 Å². The molecule has 2 N–H and O–H groups in total. The molecule has 1 heterocycles. The molecule has 0 aromatic heterocycles. The summed E-state index contributed by atoms with van der Waals surface area (Å²) in [5, 5.41) is 5.39. The second-order valence-electron chi connectivity index (χ2n) is 6.27. The molecule has 1 aliphatic rings. The van der Waals surface area contributed by atoms with E-state index in [9.17, 15) is 9.59 Å². The summed E-state index contributed by atoms with van der Waals surface area (Å²) in [4.78, 5) is 25.7. The summed E-state index contributed by atoms with van der Waals surface area (Å²) >= 11 is 0. The van der Waals surface area contributed by atoms with E-state index in [4.69, 9.17) is 9.47 Å². The maximum absolute atomic E-state index is 12.3. The van der Waals surface area contributed by atoms with Crippen LogP contribution in [0.25, 0.3) is 0 Å². The van der Waals surface area contributed by atoms with Crippen LogP contribution in [0.4, 0.5) is 10.5 Å². The molecule has 0 fully saturated rings. The fourth-order valence-electron chi connectivity index (χ4n) is 2.73. The zero-order valence-corrected chi connectivity index (χ0v) is 15.2. The van der Waals surface area contributed by atoms with Crippen molar-refractivity contribution in [2.24, 2.45) is 0 Å². The van der Waals surface area contributed by atoms with Crippen LogP contribution in [0.3, 0.4) is 0 Å². The van der Waals surface area contributed by atoms with E-state index in [0.717, 1.165) is 5.75 Å². The number of fused-ring (bicyclic) bond motifs is 1. The van der Waals surface area contributed by atoms with Crippen LogP contribution in [0.15, 0.2) is 54.6 Å². The lowest BCUT2D eigenvalue weighted by Crippen LogP contribution is -2.42. The molecular weight excluding hydrogens is 346 g/mol. The Kier molecular flexibility index (Phi) is 6.14. The molecule has 3 rings (SSSR count). The van der Waals surface area contributed by atoms with Crippen molar-refractivity contribution in [3.05, 3.63) is 54.6 Å². The van der Waals surface area contributed by atoms with Gasteiger partial charge in [0.25, 0.3) is 0 Å². The molecule has 0 aliphatic carbocycles. The number of para-hydroxylation sites is 3. The zero-order chi connectivity index (χ0) is 19.1. The van der Waals surface area contributed by atoms with Crippen molar-refractivity contribution in [3.8, 4) is 11.5 Å². The van der Waals surface area contributed by atoms with Gasteiger partial charge in [-0.1, -0.05) is 30.3 Å². The van der Waals surface area contributed by atoms with E-state index in [1.807, 2.05) is 42.5 Å². The fourth-order valence-corrected chi connectivity index (χ4v) is 2.73. The first-order chi connectivity index (χ1) is 13.1. The maximum atomic E-state index is 12.3. The molecule has 0 saturated carbocycles. The molecule has 2 aromatic rings. The highest BCUT2D eigenvalue weighted by molar-refractivity contribution is 5.89. The summed E-state index contributed by atoms with van der Waals surface area (Å²) in [5.41, 5.74) is 0.702. The van der Waals surface area contributed by atoms with Gasteiger partial charge in [0, 0.05) is 25.7 Å². The van der Waals surface area contributed by atoms with E-state index < -0.39 is 0 Å². The molecule has 0 radical (unpaired) electrons. The van der Waals surface area contributed by atoms with E-state index in [1.54, 1.807) is 24.1 Å². The summed E-state index contributed by atoms with van der Waals surface area (Å²) < 4.78 is 11.5. The average Bonchev–Trinajstić information content (AvgIpc) is 2.68. The predicted molar refractivity (Wildman–Crippen MR) is 102 cm³/mol. The standard InChI is InChI=1S/C20H23N3O4/c1-23(13-16-14-26-17-9-5-6-10-18(17)27-16)19(24)11-12-21-20(25)22-15-7-3-2-4-8-15/h2-10,16H,11-14H2,1H3,(H2,21,22,25). The minimum atomic E-state index is -0.336. The quantitative estimate of drug-likeness (QED) is 0.820. The van der Waals surface area contributed by atoms with Crippen molar-refractivity contribution in [1.82, 2.24) is 10.2 Å². The number of nitrogens with one attached hydrogen (secondary N) is 2. The number of hydrogen-bond donors (Lipinski definition) is 2. The van der Waals surface area contributed by atoms with Gasteiger partial charge in [-0.15, -0.1) is 0 Å². The molecule has 27 heavy (non-hydrogen) atoms. The van der Waals surface area contributed by atoms with Crippen LogP contribution in [-0.4, -0.2) is 49.7 Å². The smallest absolute Gasteiger partial charge is 0.319 e. The number of carbonyl (C=O) groups excluding carboxylic acids is 2. The Bertz CT molecular complexity index is 782. The molecule has 1 atom stereocenters. The van der Waals surface area contributed by atoms with E-state index in [-0.39, 0.29) is 31.0 Å². The van der Waals surface area contributed by atoms with Crippen molar-refractivity contribution in [2.75, 3.05) is 32.1 Å². The van der Waals surface area contributed by atoms with Gasteiger partial charge in [0.15, 0.2) is 17.6 Å². The van der Waals surface area contributed by atoms with Gasteiger partial charge in [0.1, 0.15) is 6.61 Å².